The molecule has 0 bridgehead atoms. The Kier molecular flexibility index (Phi) is 3.34. The van der Waals surface area contributed by atoms with E-state index in [0.717, 1.165) is 36.3 Å². The van der Waals surface area contributed by atoms with E-state index >= 15 is 0 Å². The molecule has 0 spiro atoms. The molecule has 1 fully saturated rings. The summed E-state index contributed by atoms with van der Waals surface area (Å²) in [7, 11) is 3.26. The van der Waals surface area contributed by atoms with Crippen molar-refractivity contribution < 1.29 is 14.6 Å². The average Bonchev–Trinajstić information content (AvgIpc) is 2.74. The van der Waals surface area contributed by atoms with Gasteiger partial charge in [0.2, 0.25) is 0 Å². The van der Waals surface area contributed by atoms with Crippen LogP contribution >= 0.6 is 0 Å². The molecular formula is C13H18O3. The van der Waals surface area contributed by atoms with E-state index in [0.29, 0.717) is 0 Å². The highest BCUT2D eigenvalue weighted by Crippen LogP contribution is 2.38. The third-order valence-electron chi connectivity index (χ3n) is 3.32. The van der Waals surface area contributed by atoms with Gasteiger partial charge in [-0.25, -0.2) is 0 Å². The van der Waals surface area contributed by atoms with Gasteiger partial charge in [-0.1, -0.05) is 12.5 Å². The molecule has 1 aromatic carbocycles. The number of ether oxygens (including phenoxy) is 2. The Bertz CT molecular complexity index is 362. The van der Waals surface area contributed by atoms with E-state index in [4.69, 9.17) is 9.47 Å². The lowest BCUT2D eigenvalue weighted by Gasteiger charge is -2.16. The Morgan fingerprint density at radius 1 is 1.12 bits per heavy atom. The molecule has 3 nitrogen and oxygen atoms in total. The second-order valence-electron chi connectivity index (χ2n) is 4.22. The lowest BCUT2D eigenvalue weighted by Crippen LogP contribution is -2.11. The van der Waals surface area contributed by atoms with E-state index in [9.17, 15) is 5.11 Å². The fourth-order valence-electron chi connectivity index (χ4n) is 2.41. The fourth-order valence-corrected chi connectivity index (χ4v) is 2.41. The summed E-state index contributed by atoms with van der Waals surface area (Å²) in [5.74, 6) is 1.72. The van der Waals surface area contributed by atoms with Crippen LogP contribution in [-0.2, 0) is 0 Å². The smallest absolute Gasteiger partial charge is 0.160 e. The van der Waals surface area contributed by atoms with Crippen LogP contribution in [0.3, 0.4) is 0 Å². The van der Waals surface area contributed by atoms with Crippen molar-refractivity contribution in [1.29, 1.82) is 0 Å². The molecule has 0 saturated heterocycles. The molecule has 1 aromatic rings. The molecule has 0 aliphatic heterocycles. The summed E-state index contributed by atoms with van der Waals surface area (Å²) in [5, 5.41) is 9.86. The van der Waals surface area contributed by atoms with Crippen molar-refractivity contribution in [2.45, 2.75) is 31.3 Å². The van der Waals surface area contributed by atoms with Crippen LogP contribution < -0.4 is 9.47 Å². The lowest BCUT2D eigenvalue weighted by molar-refractivity contribution is 0.163. The third-order valence-corrected chi connectivity index (χ3v) is 3.32. The summed E-state index contributed by atoms with van der Waals surface area (Å²) in [6, 6.07) is 5.89. The van der Waals surface area contributed by atoms with Crippen LogP contribution in [0.15, 0.2) is 18.2 Å². The second kappa shape index (κ2) is 4.74. The number of rotatable bonds is 3. The molecule has 1 aliphatic carbocycles. The summed E-state index contributed by atoms with van der Waals surface area (Å²) in [5.41, 5.74) is 1.14. The highest BCUT2D eigenvalue weighted by molar-refractivity contribution is 5.44. The highest BCUT2D eigenvalue weighted by atomic mass is 16.5. The maximum atomic E-state index is 9.86. The summed E-state index contributed by atoms with van der Waals surface area (Å²) < 4.78 is 10.5. The zero-order chi connectivity index (χ0) is 11.5. The number of benzene rings is 1. The van der Waals surface area contributed by atoms with Gasteiger partial charge < -0.3 is 14.6 Å². The van der Waals surface area contributed by atoms with Gasteiger partial charge in [-0.05, 0) is 30.5 Å². The van der Waals surface area contributed by atoms with Gasteiger partial charge in [0.1, 0.15) is 0 Å². The minimum Gasteiger partial charge on any atom is -0.493 e. The molecule has 2 atom stereocenters. The molecule has 1 aliphatic rings. The molecule has 1 N–H and O–H groups in total. The van der Waals surface area contributed by atoms with Crippen LogP contribution in [0.5, 0.6) is 11.5 Å². The van der Waals surface area contributed by atoms with Crippen molar-refractivity contribution >= 4 is 0 Å². The van der Waals surface area contributed by atoms with Crippen molar-refractivity contribution in [3.8, 4) is 11.5 Å². The normalized spacial score (nSPS) is 24.4. The van der Waals surface area contributed by atoms with Crippen LogP contribution in [-0.4, -0.2) is 25.4 Å². The van der Waals surface area contributed by atoms with Crippen LogP contribution in [0.2, 0.25) is 0 Å². The lowest BCUT2D eigenvalue weighted by atomic mass is 9.95. The van der Waals surface area contributed by atoms with Crippen LogP contribution in [0, 0.1) is 0 Å². The van der Waals surface area contributed by atoms with Crippen molar-refractivity contribution in [2.75, 3.05) is 14.2 Å². The first-order chi connectivity index (χ1) is 7.76. The van der Waals surface area contributed by atoms with Gasteiger partial charge in [0.25, 0.3) is 0 Å². The van der Waals surface area contributed by atoms with E-state index in [1.54, 1.807) is 14.2 Å². The predicted molar refractivity (Wildman–Crippen MR) is 62.1 cm³/mol. The number of hydrogen-bond donors (Lipinski definition) is 1. The van der Waals surface area contributed by atoms with Crippen molar-refractivity contribution in [3.05, 3.63) is 23.8 Å². The van der Waals surface area contributed by atoms with Gasteiger partial charge in [-0.15, -0.1) is 0 Å². The Morgan fingerprint density at radius 2 is 1.88 bits per heavy atom. The van der Waals surface area contributed by atoms with Gasteiger partial charge in [-0.3, -0.25) is 0 Å². The first-order valence-corrected chi connectivity index (χ1v) is 5.66. The monoisotopic (exact) mass is 222 g/mol. The van der Waals surface area contributed by atoms with E-state index < -0.39 is 0 Å². The molecule has 3 heteroatoms. The second-order valence-corrected chi connectivity index (χ2v) is 4.22. The average molecular weight is 222 g/mol. The van der Waals surface area contributed by atoms with Gasteiger partial charge in [0, 0.05) is 5.92 Å². The summed E-state index contributed by atoms with van der Waals surface area (Å²) >= 11 is 0. The zero-order valence-electron chi connectivity index (χ0n) is 9.77. The number of aliphatic hydroxyl groups is 1. The van der Waals surface area contributed by atoms with Gasteiger partial charge >= 0.3 is 0 Å². The van der Waals surface area contributed by atoms with Crippen molar-refractivity contribution in [3.63, 3.8) is 0 Å². The highest BCUT2D eigenvalue weighted by Gasteiger charge is 2.27. The van der Waals surface area contributed by atoms with E-state index in [2.05, 4.69) is 0 Å². The maximum Gasteiger partial charge on any atom is 0.160 e. The van der Waals surface area contributed by atoms with Crippen LogP contribution in [0.4, 0.5) is 0 Å². The molecule has 2 unspecified atom stereocenters. The van der Waals surface area contributed by atoms with E-state index in [-0.39, 0.29) is 12.0 Å². The first-order valence-electron chi connectivity index (χ1n) is 5.66. The summed E-state index contributed by atoms with van der Waals surface area (Å²) in [4.78, 5) is 0. The van der Waals surface area contributed by atoms with E-state index in [1.807, 2.05) is 18.2 Å². The fraction of sp³-hybridized carbons (Fsp3) is 0.538. The molecule has 88 valence electrons. The quantitative estimate of drug-likeness (QED) is 0.853. The minimum absolute atomic E-state index is 0.210. The third kappa shape index (κ3) is 2.00. The largest absolute Gasteiger partial charge is 0.493 e. The SMILES string of the molecule is COc1ccc(C2CCCC2O)cc1OC. The molecule has 2 rings (SSSR count). The van der Waals surface area contributed by atoms with E-state index in [1.165, 1.54) is 0 Å². The zero-order valence-corrected chi connectivity index (χ0v) is 9.77. The first kappa shape index (κ1) is 11.3. The number of aliphatic hydroxyl groups excluding tert-OH is 1. The Labute approximate surface area is 96.0 Å². The van der Waals surface area contributed by atoms with Crippen LogP contribution in [0.1, 0.15) is 30.7 Å². The summed E-state index contributed by atoms with van der Waals surface area (Å²) in [6.45, 7) is 0. The Morgan fingerprint density at radius 3 is 2.44 bits per heavy atom. The van der Waals surface area contributed by atoms with Crippen molar-refractivity contribution in [2.24, 2.45) is 0 Å². The van der Waals surface area contributed by atoms with Gasteiger partial charge in [0.15, 0.2) is 11.5 Å². The molecule has 0 aromatic heterocycles. The van der Waals surface area contributed by atoms with Gasteiger partial charge in [-0.2, -0.15) is 0 Å². The Hall–Kier alpha value is -1.22. The topological polar surface area (TPSA) is 38.7 Å². The minimum atomic E-state index is -0.210. The van der Waals surface area contributed by atoms with Crippen LogP contribution in [0.25, 0.3) is 0 Å². The molecule has 0 amide bonds. The molecule has 16 heavy (non-hydrogen) atoms. The van der Waals surface area contributed by atoms with Gasteiger partial charge in [0.05, 0.1) is 20.3 Å². The number of hydrogen-bond acceptors (Lipinski definition) is 3. The molecule has 0 radical (unpaired) electrons. The molecular weight excluding hydrogens is 204 g/mol. The molecule has 0 heterocycles. The standard InChI is InChI=1S/C13H18O3/c1-15-12-7-6-9(8-13(12)16-2)10-4-3-5-11(10)14/h6-8,10-11,14H,3-5H2,1-2H3. The number of methoxy groups -OCH3 is 2. The predicted octanol–water partition coefficient (Wildman–Crippen LogP) is 2.33. The maximum absolute atomic E-state index is 9.86. The van der Waals surface area contributed by atoms with Crippen molar-refractivity contribution in [1.82, 2.24) is 0 Å². The Balaban J connectivity index is 2.28. The molecule has 1 saturated carbocycles. The summed E-state index contributed by atoms with van der Waals surface area (Å²) in [6.07, 6.45) is 2.84.